The number of hydrogen-bond donors (Lipinski definition) is 2. The molecule has 0 spiro atoms. The van der Waals surface area contributed by atoms with Gasteiger partial charge in [0.15, 0.2) is 11.5 Å². The van der Waals surface area contributed by atoms with Crippen molar-refractivity contribution in [3.63, 3.8) is 0 Å². The predicted octanol–water partition coefficient (Wildman–Crippen LogP) is 5.82. The van der Waals surface area contributed by atoms with Crippen LogP contribution in [0.5, 0.6) is 11.5 Å². The standard InChI is InChI=1S/C23H20BrClFNO4/c1-30-21-9-15(12-27-11-14-2-4-16(5-3-14)23(28)29)8-19(24)22(21)31-13-17-6-7-18(26)10-20(17)25/h2-10,27H,11-13H2,1H3,(H,28,29). The van der Waals surface area contributed by atoms with Gasteiger partial charge < -0.3 is 19.9 Å². The largest absolute Gasteiger partial charge is 0.493 e. The minimum absolute atomic E-state index is 0.165. The highest BCUT2D eigenvalue weighted by Gasteiger charge is 2.13. The van der Waals surface area contributed by atoms with Crippen LogP contribution in [-0.4, -0.2) is 18.2 Å². The third-order valence-corrected chi connectivity index (χ3v) is 5.48. The fourth-order valence-electron chi connectivity index (χ4n) is 2.92. The molecule has 3 aromatic rings. The second-order valence-electron chi connectivity index (χ2n) is 6.74. The van der Waals surface area contributed by atoms with E-state index in [0.717, 1.165) is 11.1 Å². The smallest absolute Gasteiger partial charge is 0.335 e. The number of benzene rings is 3. The van der Waals surface area contributed by atoms with Crippen LogP contribution in [0.25, 0.3) is 0 Å². The van der Waals surface area contributed by atoms with E-state index < -0.39 is 11.8 Å². The molecule has 0 fully saturated rings. The summed E-state index contributed by atoms with van der Waals surface area (Å²) in [6.07, 6.45) is 0. The van der Waals surface area contributed by atoms with Gasteiger partial charge in [-0.2, -0.15) is 0 Å². The van der Waals surface area contributed by atoms with E-state index in [2.05, 4.69) is 21.2 Å². The average Bonchev–Trinajstić information content (AvgIpc) is 2.74. The zero-order valence-corrected chi connectivity index (χ0v) is 19.0. The second kappa shape index (κ2) is 10.6. The van der Waals surface area contributed by atoms with E-state index in [1.807, 2.05) is 12.1 Å². The van der Waals surface area contributed by atoms with Crippen molar-refractivity contribution in [3.8, 4) is 11.5 Å². The van der Waals surface area contributed by atoms with Crippen molar-refractivity contribution in [2.45, 2.75) is 19.7 Å². The molecule has 5 nitrogen and oxygen atoms in total. The summed E-state index contributed by atoms with van der Waals surface area (Å²) in [5, 5.41) is 12.6. The monoisotopic (exact) mass is 507 g/mol. The summed E-state index contributed by atoms with van der Waals surface area (Å²) in [4.78, 5) is 10.9. The number of hydrogen-bond acceptors (Lipinski definition) is 4. The predicted molar refractivity (Wildman–Crippen MR) is 120 cm³/mol. The third-order valence-electron chi connectivity index (χ3n) is 4.54. The molecule has 0 aliphatic rings. The molecule has 0 aliphatic carbocycles. The highest BCUT2D eigenvalue weighted by molar-refractivity contribution is 9.10. The number of carboxylic acids is 1. The molecule has 0 bridgehead atoms. The van der Waals surface area contributed by atoms with Gasteiger partial charge in [-0.1, -0.05) is 29.8 Å². The highest BCUT2D eigenvalue weighted by Crippen LogP contribution is 2.37. The van der Waals surface area contributed by atoms with Gasteiger partial charge in [0.1, 0.15) is 12.4 Å². The van der Waals surface area contributed by atoms with Crippen LogP contribution in [0.15, 0.2) is 59.1 Å². The molecule has 31 heavy (non-hydrogen) atoms. The Morgan fingerprint density at radius 2 is 1.81 bits per heavy atom. The normalized spacial score (nSPS) is 10.7. The molecule has 0 aliphatic heterocycles. The number of carboxylic acid groups (broad SMARTS) is 1. The van der Waals surface area contributed by atoms with E-state index in [1.165, 1.54) is 12.1 Å². The lowest BCUT2D eigenvalue weighted by atomic mass is 10.1. The topological polar surface area (TPSA) is 67.8 Å². The first-order valence-electron chi connectivity index (χ1n) is 9.33. The first-order chi connectivity index (χ1) is 14.9. The molecule has 0 saturated heterocycles. The van der Waals surface area contributed by atoms with Crippen LogP contribution in [0.1, 0.15) is 27.0 Å². The number of carbonyl (C=O) groups is 1. The first kappa shape index (κ1) is 23.1. The number of nitrogens with one attached hydrogen (secondary N) is 1. The van der Waals surface area contributed by atoms with E-state index in [-0.39, 0.29) is 12.2 Å². The van der Waals surface area contributed by atoms with Gasteiger partial charge in [0.05, 0.1) is 22.2 Å². The SMILES string of the molecule is COc1cc(CNCc2ccc(C(=O)O)cc2)cc(Br)c1OCc1ccc(F)cc1Cl. The summed E-state index contributed by atoms with van der Waals surface area (Å²) in [5.41, 5.74) is 2.87. The Morgan fingerprint density at radius 3 is 2.45 bits per heavy atom. The van der Waals surface area contributed by atoms with Gasteiger partial charge in [-0.15, -0.1) is 0 Å². The third kappa shape index (κ3) is 6.19. The molecule has 8 heteroatoms. The fraction of sp³-hybridized carbons (Fsp3) is 0.174. The maximum atomic E-state index is 13.2. The zero-order valence-electron chi connectivity index (χ0n) is 16.6. The van der Waals surface area contributed by atoms with E-state index >= 15 is 0 Å². The van der Waals surface area contributed by atoms with Gasteiger partial charge in [0.25, 0.3) is 0 Å². The molecule has 162 valence electrons. The van der Waals surface area contributed by atoms with Crippen molar-refractivity contribution >= 4 is 33.5 Å². The molecule has 0 saturated carbocycles. The van der Waals surface area contributed by atoms with Crippen molar-refractivity contribution in [1.82, 2.24) is 5.32 Å². The Morgan fingerprint density at radius 1 is 1.10 bits per heavy atom. The molecule has 0 radical (unpaired) electrons. The number of ether oxygens (including phenoxy) is 2. The Labute approximate surface area is 192 Å². The van der Waals surface area contributed by atoms with Crippen LogP contribution >= 0.6 is 27.5 Å². The molecular formula is C23H20BrClFNO4. The first-order valence-corrected chi connectivity index (χ1v) is 10.5. The van der Waals surface area contributed by atoms with Crippen LogP contribution in [-0.2, 0) is 19.7 Å². The number of aromatic carboxylic acids is 1. The van der Waals surface area contributed by atoms with Gasteiger partial charge in [0.2, 0.25) is 0 Å². The lowest BCUT2D eigenvalue weighted by Gasteiger charge is -2.15. The Hall–Kier alpha value is -2.61. The summed E-state index contributed by atoms with van der Waals surface area (Å²) >= 11 is 9.59. The van der Waals surface area contributed by atoms with Gasteiger partial charge in [-0.3, -0.25) is 0 Å². The average molecular weight is 509 g/mol. The van der Waals surface area contributed by atoms with E-state index in [0.29, 0.717) is 39.6 Å². The Balaban J connectivity index is 1.63. The number of halogens is 3. The molecule has 3 aromatic carbocycles. The minimum Gasteiger partial charge on any atom is -0.493 e. The van der Waals surface area contributed by atoms with Gasteiger partial charge in [0, 0.05) is 18.7 Å². The molecule has 2 N–H and O–H groups in total. The van der Waals surface area contributed by atoms with Crippen LogP contribution in [0.2, 0.25) is 5.02 Å². The van der Waals surface area contributed by atoms with Gasteiger partial charge in [-0.05, 0) is 63.5 Å². The summed E-state index contributed by atoms with van der Waals surface area (Å²) in [6, 6.07) is 14.7. The van der Waals surface area contributed by atoms with Crippen molar-refractivity contribution in [2.75, 3.05) is 7.11 Å². The van der Waals surface area contributed by atoms with Crippen molar-refractivity contribution in [1.29, 1.82) is 0 Å². The summed E-state index contributed by atoms with van der Waals surface area (Å²) in [7, 11) is 1.56. The lowest BCUT2D eigenvalue weighted by molar-refractivity contribution is 0.0697. The lowest BCUT2D eigenvalue weighted by Crippen LogP contribution is -2.13. The van der Waals surface area contributed by atoms with Crippen molar-refractivity contribution < 1.29 is 23.8 Å². The van der Waals surface area contributed by atoms with Crippen LogP contribution in [0.4, 0.5) is 4.39 Å². The molecule has 0 heterocycles. The quantitative estimate of drug-likeness (QED) is 0.381. The number of rotatable bonds is 9. The van der Waals surface area contributed by atoms with E-state index in [4.69, 9.17) is 26.2 Å². The van der Waals surface area contributed by atoms with Crippen molar-refractivity contribution in [2.24, 2.45) is 0 Å². The maximum Gasteiger partial charge on any atom is 0.335 e. The molecule has 0 atom stereocenters. The maximum absolute atomic E-state index is 13.2. The van der Waals surface area contributed by atoms with E-state index in [1.54, 1.807) is 37.4 Å². The molecule has 0 aromatic heterocycles. The molecule has 3 rings (SSSR count). The van der Waals surface area contributed by atoms with Crippen LogP contribution in [0.3, 0.4) is 0 Å². The number of methoxy groups -OCH3 is 1. The van der Waals surface area contributed by atoms with Crippen molar-refractivity contribution in [3.05, 3.63) is 92.2 Å². The zero-order chi connectivity index (χ0) is 22.4. The minimum atomic E-state index is -0.944. The second-order valence-corrected chi connectivity index (χ2v) is 8.00. The van der Waals surface area contributed by atoms with Gasteiger partial charge in [-0.25, -0.2) is 9.18 Å². The molecule has 0 unspecified atom stereocenters. The van der Waals surface area contributed by atoms with Crippen LogP contribution in [0, 0.1) is 5.82 Å². The summed E-state index contributed by atoms with van der Waals surface area (Å²) < 4.78 is 25.3. The fourth-order valence-corrected chi connectivity index (χ4v) is 3.75. The highest BCUT2D eigenvalue weighted by atomic mass is 79.9. The molecular weight excluding hydrogens is 489 g/mol. The summed E-state index contributed by atoms with van der Waals surface area (Å²) in [5.74, 6) is -0.270. The molecule has 0 amide bonds. The Kier molecular flexibility index (Phi) is 7.90. The van der Waals surface area contributed by atoms with E-state index in [9.17, 15) is 9.18 Å². The van der Waals surface area contributed by atoms with Crippen LogP contribution < -0.4 is 14.8 Å². The van der Waals surface area contributed by atoms with Gasteiger partial charge >= 0.3 is 5.97 Å². The Bertz CT molecular complexity index is 1080. The summed E-state index contributed by atoms with van der Waals surface area (Å²) in [6.45, 7) is 1.32.